The second-order valence-corrected chi connectivity index (χ2v) is 6.96. The Hall–Kier alpha value is -2.88. The Morgan fingerprint density at radius 1 is 1.00 bits per heavy atom. The zero-order chi connectivity index (χ0) is 19.2. The van der Waals surface area contributed by atoms with Gasteiger partial charge in [-0.1, -0.05) is 60.7 Å². The normalized spacial score (nSPS) is 11.0. The molecule has 4 heteroatoms. The molecule has 0 radical (unpaired) electrons. The van der Waals surface area contributed by atoms with Gasteiger partial charge in [-0.25, -0.2) is 0 Å². The van der Waals surface area contributed by atoms with Crippen molar-refractivity contribution in [3.05, 3.63) is 88.7 Å². The van der Waals surface area contributed by atoms with Crippen LogP contribution in [-0.2, 0) is 18.3 Å². The smallest absolute Gasteiger partial charge is 0.224 e. The summed E-state index contributed by atoms with van der Waals surface area (Å²) in [6.07, 6.45) is 1.25. The summed E-state index contributed by atoms with van der Waals surface area (Å²) in [5.74, 6) is 0.323. The van der Waals surface area contributed by atoms with E-state index in [-0.39, 0.29) is 11.8 Å². The van der Waals surface area contributed by atoms with Gasteiger partial charge in [-0.05, 0) is 31.4 Å². The first-order valence-corrected chi connectivity index (χ1v) is 9.42. The number of hydrogen-bond donors (Lipinski definition) is 1. The van der Waals surface area contributed by atoms with Crippen molar-refractivity contribution < 1.29 is 4.79 Å². The average Bonchev–Trinajstić information content (AvgIpc) is 2.93. The lowest BCUT2D eigenvalue weighted by molar-refractivity contribution is -0.120. The number of aryl methyl sites for hydroxylation is 2. The summed E-state index contributed by atoms with van der Waals surface area (Å²) in [5, 5.41) is 7.48. The van der Waals surface area contributed by atoms with Crippen molar-refractivity contribution in [3.63, 3.8) is 0 Å². The highest BCUT2D eigenvalue weighted by molar-refractivity contribution is 5.79. The maximum atomic E-state index is 12.4. The van der Waals surface area contributed by atoms with Crippen LogP contribution in [0.4, 0.5) is 0 Å². The zero-order valence-corrected chi connectivity index (χ0v) is 16.3. The molecule has 0 bridgehead atoms. The van der Waals surface area contributed by atoms with Crippen molar-refractivity contribution in [2.75, 3.05) is 6.54 Å². The number of hydrogen-bond acceptors (Lipinski definition) is 2. The number of carbonyl (C=O) groups is 1. The predicted octanol–water partition coefficient (Wildman–Crippen LogP) is 3.92. The summed E-state index contributed by atoms with van der Waals surface area (Å²) < 4.78 is 1.83. The van der Waals surface area contributed by atoms with Crippen LogP contribution in [0.2, 0.25) is 0 Å². The fourth-order valence-corrected chi connectivity index (χ4v) is 3.55. The van der Waals surface area contributed by atoms with Crippen molar-refractivity contribution in [2.24, 2.45) is 7.05 Å². The number of amides is 1. The van der Waals surface area contributed by atoms with Crippen molar-refractivity contribution in [1.29, 1.82) is 0 Å². The van der Waals surface area contributed by atoms with Crippen LogP contribution in [-0.4, -0.2) is 22.2 Å². The molecule has 1 heterocycles. The Morgan fingerprint density at radius 3 is 2.04 bits per heavy atom. The quantitative estimate of drug-likeness (QED) is 0.693. The predicted molar refractivity (Wildman–Crippen MR) is 109 cm³/mol. The van der Waals surface area contributed by atoms with Gasteiger partial charge >= 0.3 is 0 Å². The number of nitrogens with zero attached hydrogens (tertiary/aromatic N) is 2. The van der Waals surface area contributed by atoms with Crippen LogP contribution in [0.3, 0.4) is 0 Å². The van der Waals surface area contributed by atoms with Gasteiger partial charge in [0.05, 0.1) is 12.1 Å². The van der Waals surface area contributed by atoms with Gasteiger partial charge in [0.15, 0.2) is 0 Å². The SMILES string of the molecule is Cc1nn(C)c(C)c1CC(=O)NCCC(c1ccccc1)c1ccccc1. The van der Waals surface area contributed by atoms with E-state index in [0.717, 1.165) is 23.4 Å². The lowest BCUT2D eigenvalue weighted by Gasteiger charge is -2.18. The van der Waals surface area contributed by atoms with E-state index in [9.17, 15) is 4.79 Å². The minimum Gasteiger partial charge on any atom is -0.356 e. The number of nitrogens with one attached hydrogen (secondary N) is 1. The van der Waals surface area contributed by atoms with Crippen LogP contribution in [0, 0.1) is 13.8 Å². The molecule has 3 aromatic rings. The molecule has 140 valence electrons. The number of rotatable bonds is 7. The molecule has 0 unspecified atom stereocenters. The van der Waals surface area contributed by atoms with Gasteiger partial charge in [-0.15, -0.1) is 0 Å². The van der Waals surface area contributed by atoms with Crippen molar-refractivity contribution >= 4 is 5.91 Å². The van der Waals surface area contributed by atoms with E-state index < -0.39 is 0 Å². The Labute approximate surface area is 161 Å². The van der Waals surface area contributed by atoms with E-state index in [1.54, 1.807) is 0 Å². The highest BCUT2D eigenvalue weighted by atomic mass is 16.1. The van der Waals surface area contributed by atoms with Crippen LogP contribution < -0.4 is 5.32 Å². The fraction of sp³-hybridized carbons (Fsp3) is 0.304. The highest BCUT2D eigenvalue weighted by Gasteiger charge is 2.16. The van der Waals surface area contributed by atoms with Crippen molar-refractivity contribution in [3.8, 4) is 0 Å². The van der Waals surface area contributed by atoms with E-state index in [4.69, 9.17) is 0 Å². The van der Waals surface area contributed by atoms with Gasteiger partial charge in [0.25, 0.3) is 0 Å². The minimum atomic E-state index is 0.0501. The second-order valence-electron chi connectivity index (χ2n) is 6.96. The van der Waals surface area contributed by atoms with Crippen LogP contribution in [0.15, 0.2) is 60.7 Å². The van der Waals surface area contributed by atoms with Crippen LogP contribution in [0.1, 0.15) is 40.4 Å². The second kappa shape index (κ2) is 8.67. The standard InChI is InChI=1S/C23H27N3O/c1-17-22(18(2)26(3)25-17)16-23(27)24-15-14-21(19-10-6-4-7-11-19)20-12-8-5-9-13-20/h4-13,21H,14-16H2,1-3H3,(H,24,27). The van der Waals surface area contributed by atoms with E-state index in [1.807, 2.05) is 37.7 Å². The molecule has 1 N–H and O–H groups in total. The van der Waals surface area contributed by atoms with E-state index >= 15 is 0 Å². The summed E-state index contributed by atoms with van der Waals surface area (Å²) in [6, 6.07) is 21.0. The summed E-state index contributed by atoms with van der Waals surface area (Å²) in [4.78, 5) is 12.4. The number of carbonyl (C=O) groups excluding carboxylic acids is 1. The summed E-state index contributed by atoms with van der Waals surface area (Å²) >= 11 is 0. The molecule has 27 heavy (non-hydrogen) atoms. The molecule has 0 fully saturated rings. The molecule has 0 saturated heterocycles. The first kappa shape index (κ1) is 18.9. The number of benzene rings is 2. The zero-order valence-electron chi connectivity index (χ0n) is 16.3. The van der Waals surface area contributed by atoms with Gasteiger partial charge in [0.2, 0.25) is 5.91 Å². The Balaban J connectivity index is 1.63. The number of aromatic nitrogens is 2. The molecule has 0 spiro atoms. The van der Waals surface area contributed by atoms with E-state index in [2.05, 4.69) is 58.9 Å². The summed E-state index contributed by atoms with van der Waals surface area (Å²) in [5.41, 5.74) is 5.55. The largest absolute Gasteiger partial charge is 0.356 e. The van der Waals surface area contributed by atoms with E-state index in [0.29, 0.717) is 13.0 Å². The van der Waals surface area contributed by atoms with Crippen LogP contribution >= 0.6 is 0 Å². The molecule has 1 amide bonds. The van der Waals surface area contributed by atoms with Gasteiger partial charge in [-0.2, -0.15) is 5.10 Å². The molecular formula is C23H27N3O. The monoisotopic (exact) mass is 361 g/mol. The molecule has 0 aliphatic heterocycles. The van der Waals surface area contributed by atoms with Gasteiger partial charge in [0.1, 0.15) is 0 Å². The Kier molecular flexibility index (Phi) is 6.07. The lowest BCUT2D eigenvalue weighted by atomic mass is 9.88. The first-order valence-electron chi connectivity index (χ1n) is 9.42. The van der Waals surface area contributed by atoms with Crippen molar-refractivity contribution in [1.82, 2.24) is 15.1 Å². The molecule has 0 aliphatic carbocycles. The molecule has 0 aliphatic rings. The molecule has 3 rings (SSSR count). The average molecular weight is 361 g/mol. The van der Waals surface area contributed by atoms with Crippen LogP contribution in [0.25, 0.3) is 0 Å². The molecular weight excluding hydrogens is 334 g/mol. The topological polar surface area (TPSA) is 46.9 Å². The molecule has 2 aromatic carbocycles. The van der Waals surface area contributed by atoms with E-state index in [1.165, 1.54) is 11.1 Å². The first-order chi connectivity index (χ1) is 13.1. The summed E-state index contributed by atoms with van der Waals surface area (Å²) in [7, 11) is 1.91. The maximum absolute atomic E-state index is 12.4. The Bertz CT molecular complexity index is 845. The lowest BCUT2D eigenvalue weighted by Crippen LogP contribution is -2.27. The van der Waals surface area contributed by atoms with Crippen LogP contribution in [0.5, 0.6) is 0 Å². The Morgan fingerprint density at radius 2 is 1.56 bits per heavy atom. The third kappa shape index (κ3) is 4.64. The van der Waals surface area contributed by atoms with Gasteiger partial charge in [0, 0.05) is 30.8 Å². The minimum absolute atomic E-state index is 0.0501. The van der Waals surface area contributed by atoms with Crippen molar-refractivity contribution in [2.45, 2.75) is 32.6 Å². The van der Waals surface area contributed by atoms with Gasteiger partial charge < -0.3 is 5.32 Å². The third-order valence-corrected chi connectivity index (χ3v) is 5.16. The third-order valence-electron chi connectivity index (χ3n) is 5.16. The highest BCUT2D eigenvalue weighted by Crippen LogP contribution is 2.27. The molecule has 0 atom stereocenters. The molecule has 1 aromatic heterocycles. The fourth-order valence-electron chi connectivity index (χ4n) is 3.55. The summed E-state index contributed by atoms with van der Waals surface area (Å²) in [6.45, 7) is 4.60. The maximum Gasteiger partial charge on any atom is 0.224 e. The molecule has 4 nitrogen and oxygen atoms in total. The molecule has 0 saturated carbocycles. The van der Waals surface area contributed by atoms with Gasteiger partial charge in [-0.3, -0.25) is 9.48 Å².